The molecule has 0 saturated carbocycles. The molecule has 2 heterocycles. The van der Waals surface area contributed by atoms with E-state index in [1.54, 1.807) is 42.6 Å². The molecule has 3 rings (SSSR count). The van der Waals surface area contributed by atoms with Gasteiger partial charge in [0.1, 0.15) is 5.65 Å². The summed E-state index contributed by atoms with van der Waals surface area (Å²) in [6, 6.07) is 10.4. The third kappa shape index (κ3) is 3.33. The Kier molecular flexibility index (Phi) is 4.04. The Morgan fingerprint density at radius 3 is 2.65 bits per heavy atom. The molecular weight excluding hydrogens is 334 g/mol. The number of nitrogens with one attached hydrogen (secondary N) is 1. The first-order valence-corrected chi connectivity index (χ1v) is 9.08. The summed E-state index contributed by atoms with van der Waals surface area (Å²) in [5.41, 5.74) is 3.74. The highest BCUT2D eigenvalue weighted by atomic mass is 35.5. The van der Waals surface area contributed by atoms with Crippen LogP contribution in [0.25, 0.3) is 5.65 Å². The Hall–Kier alpha value is -2.05. The lowest BCUT2D eigenvalue weighted by Crippen LogP contribution is -2.15. The number of hydrogen-bond donors (Lipinski definition) is 1. The summed E-state index contributed by atoms with van der Waals surface area (Å²) in [6.07, 6.45) is 1.73. The van der Waals surface area contributed by atoms with E-state index in [2.05, 4.69) is 9.71 Å². The average molecular weight is 350 g/mol. The number of halogens is 1. The van der Waals surface area contributed by atoms with Crippen molar-refractivity contribution < 1.29 is 8.42 Å². The molecule has 0 aliphatic heterocycles. The molecule has 23 heavy (non-hydrogen) atoms. The van der Waals surface area contributed by atoms with Gasteiger partial charge in [-0.1, -0.05) is 29.8 Å². The number of pyridine rings is 1. The van der Waals surface area contributed by atoms with Crippen LogP contribution in [-0.2, 0) is 15.8 Å². The summed E-state index contributed by atoms with van der Waals surface area (Å²) in [5.74, 6) is -0.174. The molecule has 0 unspecified atom stereocenters. The lowest BCUT2D eigenvalue weighted by atomic mass is 10.2. The van der Waals surface area contributed by atoms with Crippen molar-refractivity contribution in [2.24, 2.45) is 0 Å². The normalized spacial score (nSPS) is 11.8. The second-order valence-corrected chi connectivity index (χ2v) is 7.51. The molecule has 120 valence electrons. The summed E-state index contributed by atoms with van der Waals surface area (Å²) in [6.45, 7) is 3.86. The molecular formula is C16H16ClN3O2S. The Labute approximate surface area is 140 Å². The van der Waals surface area contributed by atoms with Gasteiger partial charge in [-0.15, -0.1) is 0 Å². The highest BCUT2D eigenvalue weighted by Crippen LogP contribution is 2.20. The van der Waals surface area contributed by atoms with E-state index in [1.165, 1.54) is 0 Å². The SMILES string of the molecule is Cc1nc2ccc(NS(=O)(=O)Cc3ccccc3Cl)cn2c1C. The quantitative estimate of drug-likeness (QED) is 0.783. The van der Waals surface area contributed by atoms with Crippen molar-refractivity contribution >= 4 is 33.0 Å². The highest BCUT2D eigenvalue weighted by molar-refractivity contribution is 7.91. The lowest BCUT2D eigenvalue weighted by molar-refractivity contribution is 0.600. The van der Waals surface area contributed by atoms with Gasteiger partial charge < -0.3 is 4.40 Å². The first kappa shape index (κ1) is 15.8. The van der Waals surface area contributed by atoms with Crippen LogP contribution in [0, 0.1) is 13.8 Å². The molecule has 0 bridgehead atoms. The molecule has 3 aromatic rings. The van der Waals surface area contributed by atoms with Crippen LogP contribution in [0.4, 0.5) is 5.69 Å². The van der Waals surface area contributed by atoms with Gasteiger partial charge in [0, 0.05) is 16.9 Å². The molecule has 0 saturated heterocycles. The number of sulfonamides is 1. The molecule has 1 aromatic carbocycles. The largest absolute Gasteiger partial charge is 0.302 e. The monoisotopic (exact) mass is 349 g/mol. The van der Waals surface area contributed by atoms with Crippen LogP contribution >= 0.6 is 11.6 Å². The van der Waals surface area contributed by atoms with Gasteiger partial charge in [-0.2, -0.15) is 0 Å². The zero-order valence-corrected chi connectivity index (χ0v) is 14.3. The van der Waals surface area contributed by atoms with Gasteiger partial charge >= 0.3 is 0 Å². The maximum Gasteiger partial charge on any atom is 0.237 e. The van der Waals surface area contributed by atoms with Crippen molar-refractivity contribution in [2.75, 3.05) is 4.72 Å². The number of aryl methyl sites for hydroxylation is 2. The predicted molar refractivity (Wildman–Crippen MR) is 92.4 cm³/mol. The van der Waals surface area contributed by atoms with Gasteiger partial charge in [0.05, 0.1) is 17.1 Å². The molecule has 0 spiro atoms. The highest BCUT2D eigenvalue weighted by Gasteiger charge is 2.14. The van der Waals surface area contributed by atoms with Crippen LogP contribution in [0.2, 0.25) is 5.02 Å². The molecule has 0 aliphatic rings. The molecule has 1 N–H and O–H groups in total. The number of anilines is 1. The number of benzene rings is 1. The molecule has 0 aliphatic carbocycles. The Morgan fingerprint density at radius 2 is 1.91 bits per heavy atom. The van der Waals surface area contributed by atoms with Gasteiger partial charge in [-0.25, -0.2) is 13.4 Å². The minimum Gasteiger partial charge on any atom is -0.302 e. The van der Waals surface area contributed by atoms with Crippen LogP contribution in [-0.4, -0.2) is 17.8 Å². The molecule has 5 nitrogen and oxygen atoms in total. The maximum atomic E-state index is 12.4. The van der Waals surface area contributed by atoms with E-state index < -0.39 is 10.0 Å². The average Bonchev–Trinajstić information content (AvgIpc) is 2.76. The van der Waals surface area contributed by atoms with E-state index in [0.29, 0.717) is 16.3 Å². The molecule has 0 amide bonds. The second-order valence-electron chi connectivity index (χ2n) is 5.38. The summed E-state index contributed by atoms with van der Waals surface area (Å²) >= 11 is 6.03. The summed E-state index contributed by atoms with van der Waals surface area (Å²) in [4.78, 5) is 4.40. The second kappa shape index (κ2) is 5.86. The zero-order chi connectivity index (χ0) is 16.6. The van der Waals surface area contributed by atoms with Gasteiger partial charge in [-0.3, -0.25) is 4.72 Å². The van der Waals surface area contributed by atoms with E-state index >= 15 is 0 Å². The van der Waals surface area contributed by atoms with E-state index in [0.717, 1.165) is 17.0 Å². The minimum absolute atomic E-state index is 0.174. The number of hydrogen-bond acceptors (Lipinski definition) is 3. The lowest BCUT2D eigenvalue weighted by Gasteiger charge is -2.10. The number of fused-ring (bicyclic) bond motifs is 1. The summed E-state index contributed by atoms with van der Waals surface area (Å²) in [7, 11) is -3.55. The molecule has 2 aromatic heterocycles. The molecule has 0 radical (unpaired) electrons. The maximum absolute atomic E-state index is 12.4. The third-order valence-corrected chi connectivity index (χ3v) is 5.28. The third-order valence-electron chi connectivity index (χ3n) is 3.67. The smallest absolute Gasteiger partial charge is 0.237 e. The van der Waals surface area contributed by atoms with Crippen molar-refractivity contribution in [1.82, 2.24) is 9.38 Å². The van der Waals surface area contributed by atoms with Gasteiger partial charge in [0.15, 0.2) is 0 Å². The van der Waals surface area contributed by atoms with Crippen LogP contribution in [0.1, 0.15) is 17.0 Å². The van der Waals surface area contributed by atoms with Crippen molar-refractivity contribution in [3.05, 3.63) is 64.6 Å². The zero-order valence-electron chi connectivity index (χ0n) is 12.7. The van der Waals surface area contributed by atoms with Crippen molar-refractivity contribution in [3.8, 4) is 0 Å². The van der Waals surface area contributed by atoms with Crippen LogP contribution in [0.15, 0.2) is 42.6 Å². The van der Waals surface area contributed by atoms with Crippen LogP contribution in [0.3, 0.4) is 0 Å². The number of nitrogens with zero attached hydrogens (tertiary/aromatic N) is 2. The fourth-order valence-electron chi connectivity index (χ4n) is 2.38. The van der Waals surface area contributed by atoms with Crippen molar-refractivity contribution in [2.45, 2.75) is 19.6 Å². The van der Waals surface area contributed by atoms with Crippen molar-refractivity contribution in [1.29, 1.82) is 0 Å². The van der Waals surface area contributed by atoms with Gasteiger partial charge in [0.2, 0.25) is 10.0 Å². The fraction of sp³-hybridized carbons (Fsp3) is 0.188. The summed E-state index contributed by atoms with van der Waals surface area (Å²) < 4.78 is 29.2. The topological polar surface area (TPSA) is 63.5 Å². The Balaban J connectivity index is 1.88. The minimum atomic E-state index is -3.55. The Morgan fingerprint density at radius 1 is 1.17 bits per heavy atom. The van der Waals surface area contributed by atoms with Crippen LogP contribution in [0.5, 0.6) is 0 Å². The van der Waals surface area contributed by atoms with Gasteiger partial charge in [-0.05, 0) is 37.6 Å². The number of imidazole rings is 1. The predicted octanol–water partition coefficient (Wildman–Crippen LogP) is 3.55. The van der Waals surface area contributed by atoms with Crippen molar-refractivity contribution in [3.63, 3.8) is 0 Å². The first-order chi connectivity index (χ1) is 10.9. The number of aromatic nitrogens is 2. The van der Waals surface area contributed by atoms with Gasteiger partial charge in [0.25, 0.3) is 0 Å². The standard InChI is InChI=1S/C16H16ClN3O2S/c1-11-12(2)20-9-14(7-8-16(20)18-11)19-23(21,22)10-13-5-3-4-6-15(13)17/h3-9,19H,10H2,1-2H3. The fourth-order valence-corrected chi connectivity index (χ4v) is 3.87. The Bertz CT molecular complexity index is 980. The summed E-state index contributed by atoms with van der Waals surface area (Å²) in [5, 5.41) is 0.439. The van der Waals surface area contributed by atoms with Crippen LogP contribution < -0.4 is 4.72 Å². The van der Waals surface area contributed by atoms with E-state index in [1.807, 2.05) is 18.2 Å². The molecule has 7 heteroatoms. The number of rotatable bonds is 4. The van der Waals surface area contributed by atoms with E-state index in [-0.39, 0.29) is 5.75 Å². The van der Waals surface area contributed by atoms with E-state index in [4.69, 9.17) is 11.6 Å². The molecule has 0 atom stereocenters. The first-order valence-electron chi connectivity index (χ1n) is 7.05. The molecule has 0 fully saturated rings. The van der Waals surface area contributed by atoms with E-state index in [9.17, 15) is 8.42 Å².